The third kappa shape index (κ3) is 3.34. The molecule has 24 heavy (non-hydrogen) atoms. The predicted octanol–water partition coefficient (Wildman–Crippen LogP) is 5.71. The van der Waals surface area contributed by atoms with Crippen molar-refractivity contribution in [1.82, 2.24) is 0 Å². The first-order chi connectivity index (χ1) is 11.7. The Morgan fingerprint density at radius 3 is 1.88 bits per heavy atom. The zero-order chi connectivity index (χ0) is 16.9. The van der Waals surface area contributed by atoms with Gasteiger partial charge in [-0.2, -0.15) is 0 Å². The Morgan fingerprint density at radius 1 is 0.833 bits per heavy atom. The van der Waals surface area contributed by atoms with Crippen LogP contribution in [0.15, 0.2) is 83.3 Å². The van der Waals surface area contributed by atoms with Crippen molar-refractivity contribution < 1.29 is 9.53 Å². The Kier molecular flexibility index (Phi) is 4.96. The maximum atomic E-state index is 12.0. The van der Waals surface area contributed by atoms with Crippen molar-refractivity contribution in [3.8, 4) is 0 Å². The molecule has 120 valence electrons. The van der Waals surface area contributed by atoms with Gasteiger partial charge in [-0.3, -0.25) is 0 Å². The number of ether oxygens (including phenoxy) is 1. The predicted molar refractivity (Wildman–Crippen MR) is 100 cm³/mol. The van der Waals surface area contributed by atoms with Crippen LogP contribution in [0.1, 0.15) is 10.4 Å². The molecule has 0 atom stereocenters. The zero-order valence-corrected chi connectivity index (χ0v) is 14.7. The summed E-state index contributed by atoms with van der Waals surface area (Å²) in [5, 5.41) is 0. The van der Waals surface area contributed by atoms with Crippen LogP contribution >= 0.6 is 15.9 Å². The second-order valence-corrected chi connectivity index (χ2v) is 6.02. The second kappa shape index (κ2) is 7.32. The van der Waals surface area contributed by atoms with E-state index in [1.807, 2.05) is 78.9 Å². The highest BCUT2D eigenvalue weighted by molar-refractivity contribution is 9.10. The maximum absolute atomic E-state index is 12.0. The van der Waals surface area contributed by atoms with Crippen LogP contribution in [-0.2, 0) is 4.74 Å². The molecule has 4 heteroatoms. The van der Waals surface area contributed by atoms with Crippen molar-refractivity contribution in [2.75, 3.05) is 12.0 Å². The van der Waals surface area contributed by atoms with E-state index in [1.54, 1.807) is 0 Å². The van der Waals surface area contributed by atoms with Gasteiger partial charge in [-0.1, -0.05) is 36.4 Å². The van der Waals surface area contributed by atoms with E-state index in [0.29, 0.717) is 10.0 Å². The quantitative estimate of drug-likeness (QED) is 0.542. The molecule has 3 rings (SSSR count). The van der Waals surface area contributed by atoms with Crippen molar-refractivity contribution in [1.29, 1.82) is 0 Å². The largest absolute Gasteiger partial charge is 0.465 e. The number of carbonyl (C=O) groups excluding carboxylic acids is 1. The van der Waals surface area contributed by atoms with Crippen molar-refractivity contribution in [2.45, 2.75) is 0 Å². The lowest BCUT2D eigenvalue weighted by Gasteiger charge is -2.25. The second-order valence-electron chi connectivity index (χ2n) is 5.16. The molecule has 0 radical (unpaired) electrons. The van der Waals surface area contributed by atoms with Crippen molar-refractivity contribution in [2.24, 2.45) is 0 Å². The van der Waals surface area contributed by atoms with E-state index in [2.05, 4.69) is 20.8 Å². The SMILES string of the molecule is COC(=O)c1cc(N(c2ccccc2)c2ccccc2)ccc1Br. The Balaban J connectivity index is 2.15. The van der Waals surface area contributed by atoms with Gasteiger partial charge in [0.2, 0.25) is 0 Å². The molecule has 0 aromatic heterocycles. The summed E-state index contributed by atoms with van der Waals surface area (Å²) in [6, 6.07) is 25.7. The fraction of sp³-hybridized carbons (Fsp3) is 0.0500. The number of methoxy groups -OCH3 is 1. The Bertz CT molecular complexity index is 795. The van der Waals surface area contributed by atoms with Gasteiger partial charge in [0.25, 0.3) is 0 Å². The van der Waals surface area contributed by atoms with Crippen LogP contribution in [0.5, 0.6) is 0 Å². The summed E-state index contributed by atoms with van der Waals surface area (Å²) in [6.07, 6.45) is 0. The number of anilines is 3. The van der Waals surface area contributed by atoms with Crippen molar-refractivity contribution in [3.05, 3.63) is 88.9 Å². The average molecular weight is 382 g/mol. The standard InChI is InChI=1S/C20H16BrNO2/c1-24-20(23)18-14-17(12-13-19(18)21)22(15-8-4-2-5-9-15)16-10-6-3-7-11-16/h2-14H,1H3. The van der Waals surface area contributed by atoms with Crippen LogP contribution in [0.2, 0.25) is 0 Å². The molecule has 0 fully saturated rings. The molecule has 3 aromatic carbocycles. The molecule has 0 saturated heterocycles. The van der Waals surface area contributed by atoms with E-state index in [0.717, 1.165) is 17.1 Å². The van der Waals surface area contributed by atoms with Gasteiger partial charge in [0.15, 0.2) is 0 Å². The molecule has 3 nitrogen and oxygen atoms in total. The minimum Gasteiger partial charge on any atom is -0.465 e. The van der Waals surface area contributed by atoms with Gasteiger partial charge in [-0.05, 0) is 58.4 Å². The number of carbonyl (C=O) groups is 1. The molecule has 0 unspecified atom stereocenters. The van der Waals surface area contributed by atoms with E-state index in [9.17, 15) is 4.79 Å². The smallest absolute Gasteiger partial charge is 0.339 e. The van der Waals surface area contributed by atoms with Crippen molar-refractivity contribution >= 4 is 39.0 Å². The number of benzene rings is 3. The average Bonchev–Trinajstić information content (AvgIpc) is 2.64. The van der Waals surface area contributed by atoms with E-state index in [-0.39, 0.29) is 5.97 Å². The number of rotatable bonds is 4. The number of para-hydroxylation sites is 2. The highest BCUT2D eigenvalue weighted by Crippen LogP contribution is 2.35. The number of hydrogen-bond acceptors (Lipinski definition) is 3. The molecule has 3 aromatic rings. The topological polar surface area (TPSA) is 29.5 Å². The first-order valence-electron chi connectivity index (χ1n) is 7.49. The minimum atomic E-state index is -0.371. The van der Waals surface area contributed by atoms with Crippen molar-refractivity contribution in [3.63, 3.8) is 0 Å². The zero-order valence-electron chi connectivity index (χ0n) is 13.1. The Morgan fingerprint density at radius 2 is 1.38 bits per heavy atom. The van der Waals surface area contributed by atoms with Crippen LogP contribution in [0, 0.1) is 0 Å². The maximum Gasteiger partial charge on any atom is 0.339 e. The summed E-state index contributed by atoms with van der Waals surface area (Å²) >= 11 is 3.41. The van der Waals surface area contributed by atoms with E-state index >= 15 is 0 Å². The monoisotopic (exact) mass is 381 g/mol. The molecule has 0 heterocycles. The molecule has 0 aliphatic heterocycles. The Labute approximate surface area is 149 Å². The number of halogens is 1. The lowest BCUT2D eigenvalue weighted by molar-refractivity contribution is 0.0599. The van der Waals surface area contributed by atoms with E-state index in [1.165, 1.54) is 7.11 Å². The molecule has 0 saturated carbocycles. The van der Waals surface area contributed by atoms with Crippen LogP contribution < -0.4 is 4.90 Å². The third-order valence-electron chi connectivity index (χ3n) is 3.64. The van der Waals surface area contributed by atoms with Gasteiger partial charge in [-0.25, -0.2) is 4.79 Å². The van der Waals surface area contributed by atoms with Gasteiger partial charge in [-0.15, -0.1) is 0 Å². The number of esters is 1. The van der Waals surface area contributed by atoms with Gasteiger partial charge in [0.1, 0.15) is 0 Å². The molecule has 0 N–H and O–H groups in total. The number of nitrogens with zero attached hydrogens (tertiary/aromatic N) is 1. The van der Waals surface area contributed by atoms with E-state index < -0.39 is 0 Å². The van der Waals surface area contributed by atoms with Gasteiger partial charge >= 0.3 is 5.97 Å². The molecular formula is C20H16BrNO2. The fourth-order valence-electron chi connectivity index (χ4n) is 2.52. The summed E-state index contributed by atoms with van der Waals surface area (Å²) in [7, 11) is 1.38. The Hall–Kier alpha value is -2.59. The third-order valence-corrected chi connectivity index (χ3v) is 4.33. The molecular weight excluding hydrogens is 366 g/mol. The van der Waals surface area contributed by atoms with Gasteiger partial charge < -0.3 is 9.64 Å². The van der Waals surface area contributed by atoms with Gasteiger partial charge in [0.05, 0.1) is 12.7 Å². The summed E-state index contributed by atoms with van der Waals surface area (Å²) in [5.41, 5.74) is 3.41. The lowest BCUT2D eigenvalue weighted by Crippen LogP contribution is -2.11. The fourth-order valence-corrected chi connectivity index (χ4v) is 2.93. The molecule has 0 bridgehead atoms. The number of hydrogen-bond donors (Lipinski definition) is 0. The first kappa shape index (κ1) is 16.3. The molecule has 0 aliphatic rings. The normalized spacial score (nSPS) is 10.2. The summed E-state index contributed by atoms with van der Waals surface area (Å²) in [4.78, 5) is 14.1. The molecule has 0 aliphatic carbocycles. The summed E-state index contributed by atoms with van der Waals surface area (Å²) < 4.78 is 5.58. The van der Waals surface area contributed by atoms with Crippen LogP contribution in [0.25, 0.3) is 0 Å². The van der Waals surface area contributed by atoms with E-state index in [4.69, 9.17) is 4.74 Å². The first-order valence-corrected chi connectivity index (χ1v) is 8.28. The molecule has 0 spiro atoms. The van der Waals surface area contributed by atoms with Crippen LogP contribution in [0.3, 0.4) is 0 Å². The highest BCUT2D eigenvalue weighted by Gasteiger charge is 2.16. The summed E-state index contributed by atoms with van der Waals surface area (Å²) in [5.74, 6) is -0.371. The van der Waals surface area contributed by atoms with Crippen LogP contribution in [-0.4, -0.2) is 13.1 Å². The van der Waals surface area contributed by atoms with Crippen LogP contribution in [0.4, 0.5) is 17.1 Å². The highest BCUT2D eigenvalue weighted by atomic mass is 79.9. The minimum absolute atomic E-state index is 0.371. The van der Waals surface area contributed by atoms with Gasteiger partial charge in [0, 0.05) is 21.5 Å². The molecule has 0 amide bonds. The lowest BCUT2D eigenvalue weighted by atomic mass is 10.1. The summed E-state index contributed by atoms with van der Waals surface area (Å²) in [6.45, 7) is 0.